The number of pyridine rings is 1. The van der Waals surface area contributed by atoms with Crippen LogP contribution in [0.2, 0.25) is 5.02 Å². The molecule has 0 saturated heterocycles. The Morgan fingerprint density at radius 1 is 1.23 bits per heavy atom. The lowest BCUT2D eigenvalue weighted by Gasteiger charge is -2.38. The molecule has 3 aromatic rings. The van der Waals surface area contributed by atoms with Crippen LogP contribution in [0.3, 0.4) is 0 Å². The zero-order chi connectivity index (χ0) is 21.6. The fourth-order valence-corrected chi connectivity index (χ4v) is 4.02. The molecule has 4 rings (SSSR count). The van der Waals surface area contributed by atoms with Gasteiger partial charge in [0, 0.05) is 30.5 Å². The van der Waals surface area contributed by atoms with Gasteiger partial charge in [-0.25, -0.2) is 9.18 Å². The predicted molar refractivity (Wildman–Crippen MR) is 115 cm³/mol. The average molecular weight is 430 g/mol. The van der Waals surface area contributed by atoms with Gasteiger partial charge in [-0.15, -0.1) is 0 Å². The highest BCUT2D eigenvalue weighted by molar-refractivity contribution is 6.32. The van der Waals surface area contributed by atoms with Crippen LogP contribution in [0.25, 0.3) is 10.9 Å². The van der Waals surface area contributed by atoms with Gasteiger partial charge in [0.25, 0.3) is 5.56 Å². The summed E-state index contributed by atoms with van der Waals surface area (Å²) in [6.07, 6.45) is 0.486. The highest BCUT2D eigenvalue weighted by atomic mass is 35.5. The molecule has 2 amide bonds. The molecule has 0 saturated carbocycles. The lowest BCUT2D eigenvalue weighted by atomic mass is 9.89. The maximum atomic E-state index is 13.9. The maximum absolute atomic E-state index is 13.9. The lowest BCUT2D eigenvalue weighted by Crippen LogP contribution is -2.42. The van der Waals surface area contributed by atoms with E-state index in [9.17, 15) is 14.0 Å². The number of benzene rings is 2. The maximum Gasteiger partial charge on any atom is 0.319 e. The van der Waals surface area contributed by atoms with Gasteiger partial charge in [0.1, 0.15) is 22.2 Å². The number of carbonyl (C=O) groups excluding carboxylic acids is 1. The number of amides is 2. The van der Waals surface area contributed by atoms with Crippen LogP contribution in [-0.2, 0) is 7.05 Å². The molecule has 2 heterocycles. The summed E-state index contributed by atoms with van der Waals surface area (Å²) in [4.78, 5) is 24.7. The van der Waals surface area contributed by atoms with Gasteiger partial charge in [-0.05, 0) is 38.1 Å². The minimum absolute atomic E-state index is 0.0950. The Balaban J connectivity index is 1.63. The quantitative estimate of drug-likeness (QED) is 0.617. The number of ether oxygens (including phenoxy) is 1. The van der Waals surface area contributed by atoms with Crippen LogP contribution in [0, 0.1) is 5.82 Å². The van der Waals surface area contributed by atoms with E-state index in [2.05, 4.69) is 10.6 Å². The molecule has 0 aliphatic carbocycles. The number of urea groups is 1. The number of fused-ring (bicyclic) bond motifs is 2. The number of rotatable bonds is 2. The van der Waals surface area contributed by atoms with E-state index in [0.717, 1.165) is 5.39 Å². The van der Waals surface area contributed by atoms with Gasteiger partial charge in [0.2, 0.25) is 0 Å². The molecule has 30 heavy (non-hydrogen) atoms. The Kier molecular flexibility index (Phi) is 4.94. The molecule has 1 aliphatic rings. The predicted octanol–water partition coefficient (Wildman–Crippen LogP) is 4.75. The first kappa shape index (κ1) is 20.2. The van der Waals surface area contributed by atoms with Crippen molar-refractivity contribution in [1.82, 2.24) is 9.88 Å². The van der Waals surface area contributed by atoms with E-state index in [1.54, 1.807) is 31.3 Å². The first-order chi connectivity index (χ1) is 14.2. The number of carbonyl (C=O) groups is 1. The minimum atomic E-state index is -0.639. The smallest absolute Gasteiger partial charge is 0.319 e. The second-order valence-electron chi connectivity index (χ2n) is 7.97. The van der Waals surface area contributed by atoms with Crippen molar-refractivity contribution in [3.63, 3.8) is 0 Å². The molecule has 2 N–H and O–H groups in total. The van der Waals surface area contributed by atoms with Gasteiger partial charge in [-0.3, -0.25) is 4.79 Å². The van der Waals surface area contributed by atoms with Crippen LogP contribution in [0.15, 0.2) is 47.3 Å². The van der Waals surface area contributed by atoms with Crippen LogP contribution in [-0.4, -0.2) is 16.2 Å². The number of hydrogen-bond acceptors (Lipinski definition) is 3. The van der Waals surface area contributed by atoms with Crippen molar-refractivity contribution in [2.24, 2.45) is 7.05 Å². The van der Waals surface area contributed by atoms with E-state index in [0.29, 0.717) is 23.2 Å². The van der Waals surface area contributed by atoms with Gasteiger partial charge < -0.3 is 19.9 Å². The highest BCUT2D eigenvalue weighted by Gasteiger charge is 2.36. The summed E-state index contributed by atoms with van der Waals surface area (Å²) in [5, 5.41) is 6.43. The average Bonchev–Trinajstić information content (AvgIpc) is 2.67. The van der Waals surface area contributed by atoms with Crippen molar-refractivity contribution >= 4 is 34.2 Å². The number of nitrogens with one attached hydrogen (secondary N) is 2. The van der Waals surface area contributed by atoms with Crippen molar-refractivity contribution < 1.29 is 13.9 Å². The SMILES string of the molecule is Cn1c(=O)ccc2c(NC(=O)N[C@@H]3CC(C)(C)Oc4c3ccc(F)c4Cl)cccc21. The van der Waals surface area contributed by atoms with E-state index >= 15 is 0 Å². The summed E-state index contributed by atoms with van der Waals surface area (Å²) in [6.45, 7) is 3.71. The number of nitrogens with zero attached hydrogens (tertiary/aromatic N) is 1. The molecule has 0 bridgehead atoms. The van der Waals surface area contributed by atoms with Crippen LogP contribution in [0.1, 0.15) is 31.9 Å². The van der Waals surface area contributed by atoms with Crippen LogP contribution in [0.5, 0.6) is 5.75 Å². The molecular formula is C22H21ClFN3O3. The molecule has 2 aromatic carbocycles. The molecule has 1 aliphatic heterocycles. The molecule has 8 heteroatoms. The third-order valence-electron chi connectivity index (χ3n) is 5.25. The zero-order valence-corrected chi connectivity index (χ0v) is 17.5. The third-order valence-corrected chi connectivity index (χ3v) is 5.60. The zero-order valence-electron chi connectivity index (χ0n) is 16.8. The van der Waals surface area contributed by atoms with Crippen molar-refractivity contribution in [2.45, 2.75) is 31.9 Å². The summed E-state index contributed by atoms with van der Waals surface area (Å²) in [5.74, 6) is -0.323. The van der Waals surface area contributed by atoms with Gasteiger partial charge in [0.15, 0.2) is 0 Å². The molecule has 0 fully saturated rings. The molecular weight excluding hydrogens is 409 g/mol. The molecule has 0 spiro atoms. The van der Waals surface area contributed by atoms with E-state index in [1.807, 2.05) is 19.9 Å². The summed E-state index contributed by atoms with van der Waals surface area (Å²) in [6, 6.07) is 10.5. The molecule has 6 nitrogen and oxygen atoms in total. The van der Waals surface area contributed by atoms with Gasteiger partial charge in [0.05, 0.1) is 17.2 Å². The monoisotopic (exact) mass is 429 g/mol. The molecule has 0 unspecified atom stereocenters. The summed E-state index contributed by atoms with van der Waals surface area (Å²) in [7, 11) is 1.68. The Hall–Kier alpha value is -3.06. The van der Waals surface area contributed by atoms with Crippen LogP contribution in [0.4, 0.5) is 14.9 Å². The second kappa shape index (κ2) is 7.32. The van der Waals surface area contributed by atoms with E-state index < -0.39 is 23.5 Å². The summed E-state index contributed by atoms with van der Waals surface area (Å²) >= 11 is 6.11. The number of halogens is 2. The molecule has 0 radical (unpaired) electrons. The lowest BCUT2D eigenvalue weighted by molar-refractivity contribution is 0.0679. The molecule has 1 atom stereocenters. The van der Waals surface area contributed by atoms with Crippen molar-refractivity contribution in [3.8, 4) is 5.75 Å². The largest absolute Gasteiger partial charge is 0.486 e. The number of hydrogen-bond donors (Lipinski definition) is 2. The highest BCUT2D eigenvalue weighted by Crippen LogP contribution is 2.44. The van der Waals surface area contributed by atoms with Gasteiger partial charge in [-0.2, -0.15) is 0 Å². The van der Waals surface area contributed by atoms with Gasteiger partial charge >= 0.3 is 6.03 Å². The Morgan fingerprint density at radius 2 is 2.00 bits per heavy atom. The van der Waals surface area contributed by atoms with Crippen molar-refractivity contribution in [3.05, 3.63) is 69.2 Å². The normalized spacial score (nSPS) is 17.2. The minimum Gasteiger partial charge on any atom is -0.486 e. The first-order valence-electron chi connectivity index (χ1n) is 9.49. The van der Waals surface area contributed by atoms with Crippen LogP contribution < -0.4 is 20.9 Å². The fourth-order valence-electron chi connectivity index (χ4n) is 3.80. The Bertz CT molecular complexity index is 1220. The number of anilines is 1. The summed E-state index contributed by atoms with van der Waals surface area (Å²) < 4.78 is 21.3. The summed E-state index contributed by atoms with van der Waals surface area (Å²) in [5.41, 5.74) is 1.13. The van der Waals surface area contributed by atoms with E-state index in [-0.39, 0.29) is 16.3 Å². The topological polar surface area (TPSA) is 72.4 Å². The van der Waals surface area contributed by atoms with Crippen LogP contribution >= 0.6 is 11.6 Å². The Labute approximate surface area is 177 Å². The Morgan fingerprint density at radius 3 is 2.77 bits per heavy atom. The molecule has 156 valence electrons. The van der Waals surface area contributed by atoms with E-state index in [4.69, 9.17) is 16.3 Å². The van der Waals surface area contributed by atoms with E-state index in [1.165, 1.54) is 16.7 Å². The number of aryl methyl sites for hydroxylation is 1. The standard InChI is InChI=1S/C22H21ClFN3O3/c1-22(2)11-16(13-7-9-14(24)19(23)20(13)30-22)26-21(29)25-15-5-4-6-17-12(15)8-10-18(28)27(17)3/h4-10,16H,11H2,1-3H3,(H2,25,26,29)/t16-/m1/s1. The van der Waals surface area contributed by atoms with Gasteiger partial charge in [-0.1, -0.05) is 23.7 Å². The fraction of sp³-hybridized carbons (Fsp3) is 0.273. The first-order valence-corrected chi connectivity index (χ1v) is 9.87. The number of aromatic nitrogens is 1. The molecule has 1 aromatic heterocycles. The van der Waals surface area contributed by atoms with Crippen molar-refractivity contribution in [2.75, 3.05) is 5.32 Å². The second-order valence-corrected chi connectivity index (χ2v) is 8.34. The van der Waals surface area contributed by atoms with Crippen molar-refractivity contribution in [1.29, 1.82) is 0 Å². The third kappa shape index (κ3) is 3.61.